The van der Waals surface area contributed by atoms with Crippen molar-refractivity contribution in [3.05, 3.63) is 16.4 Å². The van der Waals surface area contributed by atoms with Crippen LogP contribution in [-0.4, -0.2) is 33.3 Å². The van der Waals surface area contributed by atoms with E-state index in [0.29, 0.717) is 12.1 Å². The first-order valence-corrected chi connectivity index (χ1v) is 8.19. The average molecular weight is 299 g/mol. The molecule has 1 aliphatic rings. The van der Waals surface area contributed by atoms with Crippen molar-refractivity contribution in [2.75, 3.05) is 6.54 Å². The number of rotatable bonds is 5. The first-order valence-electron chi connectivity index (χ1n) is 7.82. The van der Waals surface area contributed by atoms with E-state index in [2.05, 4.69) is 35.5 Å². The number of aryl methyl sites for hydroxylation is 2. The summed E-state index contributed by atoms with van der Waals surface area (Å²) in [7, 11) is 0. The van der Waals surface area contributed by atoms with Gasteiger partial charge in [0.15, 0.2) is 0 Å². The maximum Gasteiger partial charge on any atom is 0.0863 e. The van der Waals surface area contributed by atoms with Crippen molar-refractivity contribution >= 4 is 11.6 Å². The standard InChI is InChI=1S/C15H27ClN4/c1-4-13-15(16)14(20(5-2)18-13)10-19-11(3)7-6-8-12(19)9-17/h11-12H,4-10,17H2,1-3H3. The van der Waals surface area contributed by atoms with Crippen molar-refractivity contribution in [1.29, 1.82) is 0 Å². The van der Waals surface area contributed by atoms with Gasteiger partial charge in [-0.15, -0.1) is 0 Å². The number of aromatic nitrogens is 2. The predicted molar refractivity (Wildman–Crippen MR) is 84.0 cm³/mol. The van der Waals surface area contributed by atoms with Crippen molar-refractivity contribution in [2.45, 2.75) is 71.6 Å². The van der Waals surface area contributed by atoms with Crippen molar-refractivity contribution in [3.63, 3.8) is 0 Å². The molecule has 1 aliphatic heterocycles. The van der Waals surface area contributed by atoms with Crippen LogP contribution < -0.4 is 5.73 Å². The molecule has 20 heavy (non-hydrogen) atoms. The molecule has 1 aromatic heterocycles. The van der Waals surface area contributed by atoms with E-state index in [1.54, 1.807) is 0 Å². The molecule has 0 aliphatic carbocycles. The Kier molecular flexibility index (Phi) is 5.47. The zero-order chi connectivity index (χ0) is 14.7. The Hall–Kier alpha value is -0.580. The number of hydrogen-bond donors (Lipinski definition) is 1. The van der Waals surface area contributed by atoms with Gasteiger partial charge in [0.25, 0.3) is 0 Å². The van der Waals surface area contributed by atoms with Crippen LogP contribution in [0.1, 0.15) is 51.4 Å². The molecule has 0 bridgehead atoms. The van der Waals surface area contributed by atoms with Gasteiger partial charge in [0.2, 0.25) is 0 Å². The quantitative estimate of drug-likeness (QED) is 0.909. The van der Waals surface area contributed by atoms with Crippen molar-refractivity contribution in [3.8, 4) is 0 Å². The molecule has 1 saturated heterocycles. The van der Waals surface area contributed by atoms with E-state index in [1.165, 1.54) is 19.3 Å². The molecule has 114 valence electrons. The van der Waals surface area contributed by atoms with Gasteiger partial charge in [0.1, 0.15) is 0 Å². The second-order valence-electron chi connectivity index (χ2n) is 5.72. The second kappa shape index (κ2) is 6.92. The summed E-state index contributed by atoms with van der Waals surface area (Å²) in [4.78, 5) is 2.51. The van der Waals surface area contributed by atoms with Gasteiger partial charge in [-0.3, -0.25) is 9.58 Å². The highest BCUT2D eigenvalue weighted by Crippen LogP contribution is 2.28. The molecule has 0 radical (unpaired) electrons. The van der Waals surface area contributed by atoms with E-state index in [9.17, 15) is 0 Å². The fourth-order valence-electron chi connectivity index (χ4n) is 3.22. The van der Waals surface area contributed by atoms with E-state index in [0.717, 1.165) is 42.5 Å². The van der Waals surface area contributed by atoms with Gasteiger partial charge in [-0.25, -0.2) is 0 Å². The number of likely N-dealkylation sites (tertiary alicyclic amines) is 1. The minimum Gasteiger partial charge on any atom is -0.329 e. The molecule has 0 spiro atoms. The van der Waals surface area contributed by atoms with Gasteiger partial charge in [-0.1, -0.05) is 24.9 Å². The molecule has 0 amide bonds. The Balaban J connectivity index is 2.25. The summed E-state index contributed by atoms with van der Waals surface area (Å²) < 4.78 is 2.05. The van der Waals surface area contributed by atoms with Crippen LogP contribution in [0.3, 0.4) is 0 Å². The molecule has 0 aromatic carbocycles. The highest BCUT2D eigenvalue weighted by Gasteiger charge is 2.29. The minimum atomic E-state index is 0.472. The molecule has 5 heteroatoms. The van der Waals surface area contributed by atoms with Gasteiger partial charge in [0, 0.05) is 31.7 Å². The molecule has 1 aromatic rings. The van der Waals surface area contributed by atoms with Crippen molar-refractivity contribution < 1.29 is 0 Å². The average Bonchev–Trinajstić information content (AvgIpc) is 2.77. The topological polar surface area (TPSA) is 47.1 Å². The zero-order valence-corrected chi connectivity index (χ0v) is 13.7. The molecular weight excluding hydrogens is 272 g/mol. The Labute approximate surface area is 127 Å². The van der Waals surface area contributed by atoms with Crippen LogP contribution in [-0.2, 0) is 19.5 Å². The van der Waals surface area contributed by atoms with E-state index < -0.39 is 0 Å². The van der Waals surface area contributed by atoms with Crippen LogP contribution in [0.4, 0.5) is 0 Å². The van der Waals surface area contributed by atoms with Crippen LogP contribution in [0, 0.1) is 0 Å². The fourth-order valence-corrected chi connectivity index (χ4v) is 3.55. The molecule has 0 saturated carbocycles. The lowest BCUT2D eigenvalue weighted by Crippen LogP contribution is -2.48. The largest absolute Gasteiger partial charge is 0.329 e. The normalized spacial score (nSPS) is 24.2. The lowest BCUT2D eigenvalue weighted by molar-refractivity contribution is 0.0862. The highest BCUT2D eigenvalue weighted by atomic mass is 35.5. The lowest BCUT2D eigenvalue weighted by Gasteiger charge is -2.40. The molecule has 4 nitrogen and oxygen atoms in total. The highest BCUT2D eigenvalue weighted by molar-refractivity contribution is 6.31. The molecule has 2 N–H and O–H groups in total. The fraction of sp³-hybridized carbons (Fsp3) is 0.800. The Morgan fingerprint density at radius 3 is 2.70 bits per heavy atom. The predicted octanol–water partition coefficient (Wildman–Crippen LogP) is 2.82. The smallest absolute Gasteiger partial charge is 0.0863 e. The zero-order valence-electron chi connectivity index (χ0n) is 12.9. The van der Waals surface area contributed by atoms with Gasteiger partial charge >= 0.3 is 0 Å². The molecular formula is C15H27ClN4. The maximum absolute atomic E-state index is 6.52. The Morgan fingerprint density at radius 2 is 2.10 bits per heavy atom. The summed E-state index contributed by atoms with van der Waals surface area (Å²) in [5, 5.41) is 5.46. The number of piperidine rings is 1. The lowest BCUT2D eigenvalue weighted by atomic mass is 9.96. The van der Waals surface area contributed by atoms with E-state index in [1.807, 2.05) is 0 Å². The van der Waals surface area contributed by atoms with Gasteiger partial charge in [-0.05, 0) is 33.1 Å². The summed E-state index contributed by atoms with van der Waals surface area (Å²) in [6, 6.07) is 1.04. The first kappa shape index (κ1) is 15.8. The molecule has 2 atom stereocenters. The summed E-state index contributed by atoms with van der Waals surface area (Å²) in [6.45, 7) is 8.97. The molecule has 2 heterocycles. The maximum atomic E-state index is 6.52. The molecule has 2 rings (SSSR count). The van der Waals surface area contributed by atoms with Gasteiger partial charge in [0.05, 0.1) is 16.4 Å². The third-order valence-corrected chi connectivity index (χ3v) is 4.93. The number of hydrogen-bond acceptors (Lipinski definition) is 3. The molecule has 1 fully saturated rings. The van der Waals surface area contributed by atoms with E-state index in [-0.39, 0.29) is 0 Å². The van der Waals surface area contributed by atoms with Crippen LogP contribution in [0.25, 0.3) is 0 Å². The molecule has 2 unspecified atom stereocenters. The number of nitrogens with two attached hydrogens (primary N) is 1. The van der Waals surface area contributed by atoms with Crippen LogP contribution in [0.15, 0.2) is 0 Å². The van der Waals surface area contributed by atoms with E-state index in [4.69, 9.17) is 17.3 Å². The van der Waals surface area contributed by atoms with E-state index >= 15 is 0 Å². The third kappa shape index (κ3) is 3.02. The SMILES string of the molecule is CCc1nn(CC)c(CN2C(C)CCCC2CN)c1Cl. The summed E-state index contributed by atoms with van der Waals surface area (Å²) in [5.41, 5.74) is 8.12. The van der Waals surface area contributed by atoms with Crippen LogP contribution >= 0.6 is 11.6 Å². The van der Waals surface area contributed by atoms with Crippen LogP contribution in [0.5, 0.6) is 0 Å². The second-order valence-corrected chi connectivity index (χ2v) is 6.10. The van der Waals surface area contributed by atoms with Crippen molar-refractivity contribution in [1.82, 2.24) is 14.7 Å². The van der Waals surface area contributed by atoms with Gasteiger partial charge < -0.3 is 5.73 Å². The summed E-state index contributed by atoms with van der Waals surface area (Å²) in [6.07, 6.45) is 4.60. The Bertz CT molecular complexity index is 443. The summed E-state index contributed by atoms with van der Waals surface area (Å²) in [5.74, 6) is 0. The third-order valence-electron chi connectivity index (χ3n) is 4.49. The number of nitrogens with zero attached hydrogens (tertiary/aromatic N) is 3. The summed E-state index contributed by atoms with van der Waals surface area (Å²) >= 11 is 6.52. The first-order chi connectivity index (χ1) is 9.62. The van der Waals surface area contributed by atoms with Gasteiger partial charge in [-0.2, -0.15) is 5.10 Å². The van der Waals surface area contributed by atoms with Crippen LogP contribution in [0.2, 0.25) is 5.02 Å². The monoisotopic (exact) mass is 298 g/mol. The Morgan fingerprint density at radius 1 is 1.35 bits per heavy atom. The minimum absolute atomic E-state index is 0.472. The number of halogens is 1. The van der Waals surface area contributed by atoms with Crippen molar-refractivity contribution in [2.24, 2.45) is 5.73 Å².